The van der Waals surface area contributed by atoms with Gasteiger partial charge in [0.25, 0.3) is 0 Å². The molecule has 0 N–H and O–H groups in total. The van der Waals surface area contributed by atoms with Gasteiger partial charge in [0.05, 0.1) is 23.8 Å². The van der Waals surface area contributed by atoms with E-state index in [0.29, 0.717) is 23.5 Å². The molecule has 0 fully saturated rings. The van der Waals surface area contributed by atoms with Gasteiger partial charge in [-0.1, -0.05) is 0 Å². The van der Waals surface area contributed by atoms with E-state index in [1.165, 1.54) is 12.2 Å². The fraction of sp³-hybridized carbons (Fsp3) is 0.111. The van der Waals surface area contributed by atoms with Gasteiger partial charge in [-0.15, -0.1) is 0 Å². The van der Waals surface area contributed by atoms with Crippen LogP contribution in [0.2, 0.25) is 0 Å². The summed E-state index contributed by atoms with van der Waals surface area (Å²) in [6.07, 6.45) is 3.35. The van der Waals surface area contributed by atoms with E-state index in [9.17, 15) is 0 Å². The van der Waals surface area contributed by atoms with Crippen LogP contribution in [0.5, 0.6) is 0 Å². The Balaban J connectivity index is 2.98. The third-order valence-corrected chi connectivity index (χ3v) is 1.46. The lowest BCUT2D eigenvalue weighted by atomic mass is 9.92. The van der Waals surface area contributed by atoms with Crippen LogP contribution in [0.3, 0.4) is 0 Å². The molecule has 0 heterocycles. The summed E-state index contributed by atoms with van der Waals surface area (Å²) in [6.45, 7) is 0. The van der Waals surface area contributed by atoms with Crippen LogP contribution in [0.25, 0.3) is 0 Å². The monoisotopic (exact) mass is 154 g/mol. The minimum absolute atomic E-state index is 0.345. The zero-order valence-corrected chi connectivity index (χ0v) is 6.20. The molecule has 0 spiro atoms. The first-order valence-electron chi connectivity index (χ1n) is 3.28. The van der Waals surface area contributed by atoms with Crippen LogP contribution in [0.1, 0.15) is 6.42 Å². The van der Waals surface area contributed by atoms with Gasteiger partial charge in [0.2, 0.25) is 0 Å². The number of nitriles is 3. The zero-order valence-electron chi connectivity index (χ0n) is 6.20. The van der Waals surface area contributed by atoms with Gasteiger partial charge in [-0.3, -0.25) is 0 Å². The predicted octanol–water partition coefficient (Wildman–Crippen LogP) is 1.39. The lowest BCUT2D eigenvalue weighted by Gasteiger charge is -2.06. The van der Waals surface area contributed by atoms with Gasteiger partial charge in [0.1, 0.15) is 5.92 Å². The quantitative estimate of drug-likeness (QED) is 0.529. The fourth-order valence-corrected chi connectivity index (χ4v) is 0.932. The summed E-state index contributed by atoms with van der Waals surface area (Å²) in [5.41, 5.74) is 0.833. The molecule has 1 aliphatic carbocycles. The van der Waals surface area contributed by atoms with Crippen molar-refractivity contribution in [3.63, 3.8) is 0 Å². The third kappa shape index (κ3) is 1.51. The van der Waals surface area contributed by atoms with E-state index in [1.807, 2.05) is 18.2 Å². The highest BCUT2D eigenvalue weighted by atomic mass is 14.3. The van der Waals surface area contributed by atoms with Crippen molar-refractivity contribution in [3.8, 4) is 18.2 Å². The molecule has 0 aliphatic heterocycles. The largest absolute Gasteiger partial charge is 0.197 e. The van der Waals surface area contributed by atoms with Crippen LogP contribution in [-0.4, -0.2) is 0 Å². The Hall–Kier alpha value is -2.05. The highest BCUT2D eigenvalue weighted by Crippen LogP contribution is 2.22. The summed E-state index contributed by atoms with van der Waals surface area (Å²) in [5, 5.41) is 25.6. The molecule has 0 aromatic carbocycles. The first kappa shape index (κ1) is 8.05. The predicted molar refractivity (Wildman–Crippen MR) is 40.9 cm³/mol. The van der Waals surface area contributed by atoms with Gasteiger partial charge in [-0.05, 0) is 12.2 Å². The molecular formula is C9H4N3. The highest BCUT2D eigenvalue weighted by Gasteiger charge is 2.14. The topological polar surface area (TPSA) is 71.4 Å². The number of rotatable bonds is 0. The number of hydrogen-bond acceptors (Lipinski definition) is 3. The summed E-state index contributed by atoms with van der Waals surface area (Å²) in [5.74, 6) is 0.464. The molecule has 0 unspecified atom stereocenters. The zero-order chi connectivity index (χ0) is 8.97. The van der Waals surface area contributed by atoms with Gasteiger partial charge in [-0.25, -0.2) is 0 Å². The molecule has 12 heavy (non-hydrogen) atoms. The van der Waals surface area contributed by atoms with E-state index in [0.717, 1.165) is 0 Å². The molecule has 1 aliphatic rings. The second-order valence-corrected chi connectivity index (χ2v) is 2.31. The Morgan fingerprint density at radius 2 is 1.75 bits per heavy atom. The lowest BCUT2D eigenvalue weighted by molar-refractivity contribution is 1.08. The molecule has 1 radical (unpaired) electrons. The summed E-state index contributed by atoms with van der Waals surface area (Å²) in [7, 11) is 0. The minimum Gasteiger partial charge on any atom is -0.197 e. The molecule has 55 valence electrons. The van der Waals surface area contributed by atoms with Crippen molar-refractivity contribution in [3.05, 3.63) is 29.2 Å². The second-order valence-electron chi connectivity index (χ2n) is 2.31. The molecule has 3 heteroatoms. The van der Waals surface area contributed by atoms with E-state index >= 15 is 0 Å². The van der Waals surface area contributed by atoms with E-state index in [4.69, 9.17) is 15.8 Å². The Bertz CT molecular complexity index is 368. The van der Waals surface area contributed by atoms with E-state index in [-0.39, 0.29) is 0 Å². The SMILES string of the molecule is N#C[C]1C=C(C#N)C=C(C#N)C1. The van der Waals surface area contributed by atoms with Crippen LogP contribution < -0.4 is 0 Å². The molecule has 0 bridgehead atoms. The van der Waals surface area contributed by atoms with Crippen molar-refractivity contribution in [1.29, 1.82) is 15.8 Å². The maximum atomic E-state index is 8.54. The van der Waals surface area contributed by atoms with Gasteiger partial charge < -0.3 is 0 Å². The molecule has 0 saturated heterocycles. The van der Waals surface area contributed by atoms with Crippen molar-refractivity contribution in [2.24, 2.45) is 0 Å². The average molecular weight is 154 g/mol. The van der Waals surface area contributed by atoms with E-state index in [2.05, 4.69) is 0 Å². The summed E-state index contributed by atoms with van der Waals surface area (Å²) in [6, 6.07) is 5.75. The van der Waals surface area contributed by atoms with Crippen molar-refractivity contribution in [2.45, 2.75) is 6.42 Å². The van der Waals surface area contributed by atoms with Crippen molar-refractivity contribution >= 4 is 0 Å². The highest BCUT2D eigenvalue weighted by molar-refractivity contribution is 5.51. The minimum atomic E-state index is 0.345. The molecular weight excluding hydrogens is 150 g/mol. The van der Waals surface area contributed by atoms with E-state index < -0.39 is 0 Å². The first-order valence-corrected chi connectivity index (χ1v) is 3.28. The van der Waals surface area contributed by atoms with Gasteiger partial charge in [-0.2, -0.15) is 15.8 Å². The van der Waals surface area contributed by atoms with Gasteiger partial charge >= 0.3 is 0 Å². The van der Waals surface area contributed by atoms with E-state index in [1.54, 1.807) is 0 Å². The van der Waals surface area contributed by atoms with Crippen LogP contribution in [0.15, 0.2) is 23.3 Å². The van der Waals surface area contributed by atoms with Gasteiger partial charge in [0.15, 0.2) is 0 Å². The van der Waals surface area contributed by atoms with Crippen LogP contribution in [0.4, 0.5) is 0 Å². The van der Waals surface area contributed by atoms with Crippen molar-refractivity contribution in [2.75, 3.05) is 0 Å². The molecule has 0 aromatic heterocycles. The molecule has 1 rings (SSSR count). The van der Waals surface area contributed by atoms with Crippen molar-refractivity contribution in [1.82, 2.24) is 0 Å². The summed E-state index contributed by atoms with van der Waals surface area (Å²) in [4.78, 5) is 0. The molecule has 0 atom stereocenters. The molecule has 0 aromatic rings. The fourth-order valence-electron chi connectivity index (χ4n) is 0.932. The molecule has 0 saturated carbocycles. The number of hydrogen-bond donors (Lipinski definition) is 0. The Labute approximate surface area is 70.5 Å². The Kier molecular flexibility index (Phi) is 2.26. The van der Waals surface area contributed by atoms with Gasteiger partial charge in [0, 0.05) is 12.0 Å². The average Bonchev–Trinajstić information content (AvgIpc) is 2.16. The Morgan fingerprint density at radius 3 is 2.25 bits per heavy atom. The molecule has 3 nitrogen and oxygen atoms in total. The Morgan fingerprint density at radius 1 is 1.00 bits per heavy atom. The summed E-state index contributed by atoms with van der Waals surface area (Å²) >= 11 is 0. The standard InChI is InChI=1S/C9H4N3/c10-4-7-1-8(5-11)3-9(2-7)6-12/h1-2H,3H2. The third-order valence-electron chi connectivity index (χ3n) is 1.46. The summed E-state index contributed by atoms with van der Waals surface area (Å²) < 4.78 is 0. The van der Waals surface area contributed by atoms with Crippen LogP contribution in [0, 0.1) is 39.9 Å². The first-order chi connectivity index (χ1) is 5.80. The van der Waals surface area contributed by atoms with Crippen LogP contribution in [-0.2, 0) is 0 Å². The van der Waals surface area contributed by atoms with Crippen molar-refractivity contribution < 1.29 is 0 Å². The second kappa shape index (κ2) is 3.37. The maximum absolute atomic E-state index is 8.54. The lowest BCUT2D eigenvalue weighted by Crippen LogP contribution is -1.98. The smallest absolute Gasteiger partial charge is 0.104 e. The normalized spacial score (nSPS) is 16.4. The maximum Gasteiger partial charge on any atom is 0.104 e. The molecule has 0 amide bonds. The van der Waals surface area contributed by atoms with Crippen LogP contribution >= 0.6 is 0 Å². The number of allylic oxidation sites excluding steroid dienone is 4. The number of nitrogens with zero attached hydrogens (tertiary/aromatic N) is 3.